The van der Waals surface area contributed by atoms with E-state index in [9.17, 15) is 4.57 Å². The first kappa shape index (κ1) is 18.6. The van der Waals surface area contributed by atoms with Gasteiger partial charge in [-0.15, -0.1) is 0 Å². The van der Waals surface area contributed by atoms with E-state index in [0.717, 1.165) is 21.9 Å². The van der Waals surface area contributed by atoms with Crippen LogP contribution in [0.1, 0.15) is 41.5 Å². The Labute approximate surface area is 141 Å². The highest BCUT2D eigenvalue weighted by molar-refractivity contribution is 7.75. The number of nitrogens with zero attached hydrogens (tertiary/aromatic N) is 2. The van der Waals surface area contributed by atoms with Crippen molar-refractivity contribution in [2.75, 3.05) is 13.3 Å². The van der Waals surface area contributed by atoms with Crippen molar-refractivity contribution in [2.45, 2.75) is 51.9 Å². The highest BCUT2D eigenvalue weighted by atomic mass is 31.2. The van der Waals surface area contributed by atoms with Gasteiger partial charge in [-0.25, -0.2) is 9.97 Å². The molecule has 23 heavy (non-hydrogen) atoms. The van der Waals surface area contributed by atoms with Crippen molar-refractivity contribution < 1.29 is 4.57 Å². The van der Waals surface area contributed by atoms with Gasteiger partial charge in [0.1, 0.15) is 12.6 Å². The third kappa shape index (κ3) is 3.52. The second kappa shape index (κ2) is 5.94. The van der Waals surface area contributed by atoms with E-state index in [2.05, 4.69) is 27.4 Å². The number of hydrogen-bond donors (Lipinski definition) is 0. The van der Waals surface area contributed by atoms with E-state index < -0.39 is 15.1 Å². The largest absolute Gasteiger partial charge is 0.317 e. The molecule has 126 valence electrons. The van der Waals surface area contributed by atoms with Gasteiger partial charge in [0, 0.05) is 5.16 Å². The molecule has 1 heterocycles. The molecule has 2 rings (SSSR count). The molecule has 0 saturated carbocycles. The van der Waals surface area contributed by atoms with Crippen molar-refractivity contribution in [3.63, 3.8) is 0 Å². The summed E-state index contributed by atoms with van der Waals surface area (Å²) >= 11 is 0. The topological polar surface area (TPSA) is 42.9 Å². The van der Waals surface area contributed by atoms with Crippen LogP contribution in [0.15, 0.2) is 24.3 Å². The first-order chi connectivity index (χ1) is 10.4. The molecule has 1 aromatic carbocycles. The molecule has 1 unspecified atom stereocenters. The molecule has 0 saturated heterocycles. The Kier molecular flexibility index (Phi) is 4.79. The Morgan fingerprint density at radius 1 is 0.957 bits per heavy atom. The summed E-state index contributed by atoms with van der Waals surface area (Å²) in [5.41, 5.74) is 3.40. The van der Waals surface area contributed by atoms with Gasteiger partial charge in [0.25, 0.3) is 0 Å². The summed E-state index contributed by atoms with van der Waals surface area (Å²) in [6.07, 6.45) is 0. The molecule has 1 aromatic heterocycles. The third-order valence-electron chi connectivity index (χ3n) is 4.54. The minimum Gasteiger partial charge on any atom is -0.317 e. The summed E-state index contributed by atoms with van der Waals surface area (Å²) in [7, 11) is -3.22. The van der Waals surface area contributed by atoms with Crippen molar-refractivity contribution in [3.05, 3.63) is 24.3 Å². The predicted molar refractivity (Wildman–Crippen MR) is 105 cm³/mol. The number of para-hydroxylation sites is 2. The number of hydrogen-bond acceptors (Lipinski definition) is 3. The second-order valence-corrected chi connectivity index (χ2v) is 14.7. The van der Waals surface area contributed by atoms with Crippen molar-refractivity contribution >= 4 is 37.0 Å². The van der Waals surface area contributed by atoms with Crippen molar-refractivity contribution in [3.8, 4) is 0 Å². The first-order valence-electron chi connectivity index (χ1n) is 7.94. The monoisotopic (exact) mass is 350 g/mol. The van der Waals surface area contributed by atoms with Crippen LogP contribution in [0.2, 0.25) is 0 Å². The zero-order valence-corrected chi connectivity index (χ0v) is 17.3. The molecule has 0 amide bonds. The predicted octanol–water partition coefficient (Wildman–Crippen LogP) is 4.58. The summed E-state index contributed by atoms with van der Waals surface area (Å²) in [4.78, 5) is 9.75. The van der Waals surface area contributed by atoms with Gasteiger partial charge in [0.15, 0.2) is 0 Å². The van der Waals surface area contributed by atoms with Crippen molar-refractivity contribution in [1.29, 1.82) is 0 Å². The van der Waals surface area contributed by atoms with Gasteiger partial charge < -0.3 is 4.57 Å². The Morgan fingerprint density at radius 2 is 1.43 bits per heavy atom. The average molecular weight is 350 g/mol. The van der Waals surface area contributed by atoms with Crippen LogP contribution in [-0.2, 0) is 4.57 Å². The summed E-state index contributed by atoms with van der Waals surface area (Å²) in [6, 6.07) is 7.87. The van der Waals surface area contributed by atoms with E-state index in [1.54, 1.807) is 0 Å². The van der Waals surface area contributed by atoms with Crippen LogP contribution in [0.3, 0.4) is 0 Å². The van der Waals surface area contributed by atoms with Crippen molar-refractivity contribution in [1.82, 2.24) is 9.97 Å². The molecule has 0 bridgehead atoms. The Hall–Kier alpha value is -0.780. The minimum atomic E-state index is -2.65. The maximum absolute atomic E-state index is 13.6. The third-order valence-corrected chi connectivity index (χ3v) is 11.4. The first-order valence-corrected chi connectivity index (χ1v) is 11.9. The van der Waals surface area contributed by atoms with Crippen molar-refractivity contribution in [2.24, 2.45) is 0 Å². The van der Waals surface area contributed by atoms with E-state index in [1.165, 1.54) is 0 Å². The Morgan fingerprint density at radius 3 is 1.87 bits per heavy atom. The van der Waals surface area contributed by atoms with Crippen LogP contribution in [0.25, 0.3) is 11.0 Å². The summed E-state index contributed by atoms with van der Waals surface area (Å²) in [5, 5.41) is -0.230. The molecule has 0 aliphatic rings. The molecule has 0 aliphatic carbocycles. The lowest BCUT2D eigenvalue weighted by Gasteiger charge is -2.33. The lowest BCUT2D eigenvalue weighted by atomic mass is 10.3. The molecular weight excluding hydrogens is 322 g/mol. The van der Waals surface area contributed by atoms with Gasteiger partial charge in [-0.1, -0.05) is 61.6 Å². The number of rotatable bonds is 2. The molecular formula is C18H28N2OP2. The zero-order chi connectivity index (χ0) is 17.6. The van der Waals surface area contributed by atoms with Gasteiger partial charge >= 0.3 is 0 Å². The minimum absolute atomic E-state index is 0.0963. The van der Waals surface area contributed by atoms with Gasteiger partial charge in [-0.2, -0.15) is 0 Å². The van der Waals surface area contributed by atoms with Crippen LogP contribution in [0, 0.1) is 0 Å². The lowest BCUT2D eigenvalue weighted by molar-refractivity contribution is 0.560. The molecule has 5 heteroatoms. The van der Waals surface area contributed by atoms with Crippen LogP contribution < -0.4 is 10.9 Å². The van der Waals surface area contributed by atoms with E-state index in [-0.39, 0.29) is 10.3 Å². The van der Waals surface area contributed by atoms with Crippen LogP contribution in [0.4, 0.5) is 0 Å². The molecule has 3 nitrogen and oxygen atoms in total. The SMILES string of the molecule is C[P@@](c1nc2ccccc2nc1P(C)(=O)C(C)(C)C)C(C)(C)C. The molecule has 2 aromatic rings. The maximum atomic E-state index is 13.6. The molecule has 2 atom stereocenters. The fourth-order valence-corrected chi connectivity index (χ4v) is 5.76. The Balaban J connectivity index is 2.83. The number of fused-ring (bicyclic) bond motifs is 1. The number of benzene rings is 1. The van der Waals surface area contributed by atoms with Crippen LogP contribution >= 0.6 is 15.1 Å². The van der Waals surface area contributed by atoms with E-state index in [4.69, 9.17) is 9.97 Å². The average Bonchev–Trinajstić information content (AvgIpc) is 2.42. The lowest BCUT2D eigenvalue weighted by Crippen LogP contribution is -2.38. The maximum Gasteiger partial charge on any atom is 0.137 e. The molecule has 0 aliphatic heterocycles. The van der Waals surface area contributed by atoms with E-state index >= 15 is 0 Å². The zero-order valence-electron chi connectivity index (χ0n) is 15.5. The van der Waals surface area contributed by atoms with Crippen LogP contribution in [-0.4, -0.2) is 33.6 Å². The normalized spacial score (nSPS) is 17.0. The number of aromatic nitrogens is 2. The summed E-state index contributed by atoms with van der Waals surface area (Å²) < 4.78 is 13.6. The van der Waals surface area contributed by atoms with Gasteiger partial charge in [-0.05, 0) is 30.6 Å². The summed E-state index contributed by atoms with van der Waals surface area (Å²) in [6.45, 7) is 16.8. The quantitative estimate of drug-likeness (QED) is 0.745. The van der Waals surface area contributed by atoms with Gasteiger partial charge in [0.2, 0.25) is 0 Å². The molecule has 0 radical (unpaired) electrons. The highest BCUT2D eigenvalue weighted by Gasteiger charge is 2.39. The highest BCUT2D eigenvalue weighted by Crippen LogP contribution is 2.55. The van der Waals surface area contributed by atoms with Gasteiger partial charge in [-0.3, -0.25) is 0 Å². The van der Waals surface area contributed by atoms with E-state index in [1.807, 2.05) is 51.7 Å². The second-order valence-electron chi connectivity index (χ2n) is 8.18. The molecule has 0 spiro atoms. The van der Waals surface area contributed by atoms with Crippen LogP contribution in [0.5, 0.6) is 0 Å². The Bertz CT molecular complexity index is 773. The smallest absolute Gasteiger partial charge is 0.137 e. The molecule has 0 fully saturated rings. The van der Waals surface area contributed by atoms with Gasteiger partial charge in [0.05, 0.1) is 16.5 Å². The molecule has 0 N–H and O–H groups in total. The standard InChI is InChI=1S/C18H28N2OP2/c1-17(2,3)22(7)15-16(23(8,21)18(4,5)6)20-14-12-10-9-11-13(14)19-15/h9-12H,1-8H3/t22-,23?/m0/s1. The fraction of sp³-hybridized carbons (Fsp3) is 0.556. The van der Waals surface area contributed by atoms with E-state index in [0.29, 0.717) is 0 Å². The fourth-order valence-electron chi connectivity index (χ4n) is 2.13. The summed E-state index contributed by atoms with van der Waals surface area (Å²) in [5.74, 6) is 0.